The predicted octanol–water partition coefficient (Wildman–Crippen LogP) is 0.882. The van der Waals surface area contributed by atoms with Gasteiger partial charge in [-0.1, -0.05) is 0 Å². The van der Waals surface area contributed by atoms with Gasteiger partial charge in [0.15, 0.2) is 0 Å². The first kappa shape index (κ1) is 5.74. The molecule has 1 radical (unpaired) electrons. The summed E-state index contributed by atoms with van der Waals surface area (Å²) < 4.78 is 0. The molecule has 1 heteroatoms. The van der Waals surface area contributed by atoms with Crippen molar-refractivity contribution in [2.24, 2.45) is 0 Å². The molecule has 1 aromatic carbocycles. The SMILES string of the molecule is [Se]=[C]c1ccccc1. The second-order valence-electron chi connectivity index (χ2n) is 1.47. The van der Waals surface area contributed by atoms with Gasteiger partial charge < -0.3 is 0 Å². The molecule has 0 unspecified atom stereocenters. The van der Waals surface area contributed by atoms with Crippen LogP contribution < -0.4 is 0 Å². The molecule has 8 heavy (non-hydrogen) atoms. The molecule has 0 nitrogen and oxygen atoms in total. The van der Waals surface area contributed by atoms with Gasteiger partial charge in [-0.05, 0) is 0 Å². The minimum absolute atomic E-state index is 1.10. The van der Waals surface area contributed by atoms with Gasteiger partial charge in [0.25, 0.3) is 0 Å². The zero-order chi connectivity index (χ0) is 5.82. The van der Waals surface area contributed by atoms with Gasteiger partial charge in [0.1, 0.15) is 0 Å². The zero-order valence-electron chi connectivity index (χ0n) is 4.29. The van der Waals surface area contributed by atoms with Gasteiger partial charge in [0.05, 0.1) is 0 Å². The first-order valence-corrected chi connectivity index (χ1v) is 3.22. The van der Waals surface area contributed by atoms with E-state index < -0.39 is 0 Å². The molecule has 0 N–H and O–H groups in total. The van der Waals surface area contributed by atoms with Crippen LogP contribution in [0.15, 0.2) is 30.3 Å². The third kappa shape index (κ3) is 1.29. The van der Waals surface area contributed by atoms with E-state index in [1.54, 1.807) is 0 Å². The molecule has 0 aliphatic rings. The van der Waals surface area contributed by atoms with Crippen LogP contribution in [0.3, 0.4) is 0 Å². The number of rotatable bonds is 1. The van der Waals surface area contributed by atoms with Crippen LogP contribution in [0.5, 0.6) is 0 Å². The van der Waals surface area contributed by atoms with Crippen molar-refractivity contribution < 1.29 is 0 Å². The second-order valence-corrected chi connectivity index (χ2v) is 1.90. The summed E-state index contributed by atoms with van der Waals surface area (Å²) in [5.41, 5.74) is 1.10. The minimum atomic E-state index is 1.10. The Morgan fingerprint density at radius 2 is 1.75 bits per heavy atom. The molecular formula is C7H5Se. The zero-order valence-corrected chi connectivity index (χ0v) is 6.01. The van der Waals surface area contributed by atoms with E-state index in [9.17, 15) is 0 Å². The molecule has 0 atom stereocenters. The Morgan fingerprint density at radius 3 is 2.12 bits per heavy atom. The van der Waals surface area contributed by atoms with Gasteiger partial charge in [0.2, 0.25) is 0 Å². The summed E-state index contributed by atoms with van der Waals surface area (Å²) in [7, 11) is 0. The van der Waals surface area contributed by atoms with Crippen molar-refractivity contribution in [3.05, 3.63) is 35.9 Å². The van der Waals surface area contributed by atoms with E-state index in [2.05, 4.69) is 20.5 Å². The molecule has 1 rings (SSSR count). The van der Waals surface area contributed by atoms with Gasteiger partial charge in [0, 0.05) is 0 Å². The molecule has 0 saturated carbocycles. The molecule has 0 bridgehead atoms. The van der Waals surface area contributed by atoms with Crippen LogP contribution >= 0.6 is 0 Å². The normalized spacial score (nSPS) is 8.50. The van der Waals surface area contributed by atoms with Gasteiger partial charge in [-0.15, -0.1) is 0 Å². The Bertz CT molecular complexity index is 167. The fourth-order valence-corrected chi connectivity index (χ4v) is 0.792. The summed E-state index contributed by atoms with van der Waals surface area (Å²) in [5, 5.41) is 0. The van der Waals surface area contributed by atoms with Crippen LogP contribution in [0.1, 0.15) is 5.56 Å². The summed E-state index contributed by atoms with van der Waals surface area (Å²) in [6.07, 6.45) is 0. The maximum atomic E-state index is 2.90. The quantitative estimate of drug-likeness (QED) is 0.546. The average Bonchev–Trinajstić information content (AvgIpc) is 1.90. The Kier molecular flexibility index (Phi) is 2.01. The fourth-order valence-electron chi connectivity index (χ4n) is 0.506. The van der Waals surface area contributed by atoms with E-state index in [0.717, 1.165) is 5.56 Å². The van der Waals surface area contributed by atoms with Crippen molar-refractivity contribution in [1.82, 2.24) is 0 Å². The van der Waals surface area contributed by atoms with Crippen LogP contribution in [-0.4, -0.2) is 20.5 Å². The van der Waals surface area contributed by atoms with Crippen LogP contribution in [0.2, 0.25) is 0 Å². The van der Waals surface area contributed by atoms with E-state index >= 15 is 0 Å². The molecule has 39 valence electrons. The van der Waals surface area contributed by atoms with Crippen LogP contribution in [0, 0.1) is 0 Å². The summed E-state index contributed by atoms with van der Waals surface area (Å²) in [4.78, 5) is 2.90. The van der Waals surface area contributed by atoms with Crippen molar-refractivity contribution in [1.29, 1.82) is 0 Å². The third-order valence-corrected chi connectivity index (χ3v) is 1.39. The molecule has 0 fully saturated rings. The average molecular weight is 168 g/mol. The second kappa shape index (κ2) is 2.81. The van der Waals surface area contributed by atoms with Crippen molar-refractivity contribution in [2.75, 3.05) is 0 Å². The Hall–Kier alpha value is -0.391. The van der Waals surface area contributed by atoms with Crippen molar-refractivity contribution in [2.45, 2.75) is 0 Å². The van der Waals surface area contributed by atoms with Gasteiger partial charge in [-0.2, -0.15) is 0 Å². The number of benzene rings is 1. The molecule has 0 aliphatic carbocycles. The van der Waals surface area contributed by atoms with Crippen molar-refractivity contribution in [3.63, 3.8) is 0 Å². The standard InChI is InChI=1S/C7H5Se/c8-6-7-4-2-1-3-5-7/h1-5H. The van der Waals surface area contributed by atoms with Gasteiger partial charge in [-0.3, -0.25) is 0 Å². The molecule has 0 aromatic heterocycles. The topological polar surface area (TPSA) is 0 Å². The maximum absolute atomic E-state index is 2.90. The van der Waals surface area contributed by atoms with Gasteiger partial charge in [-0.25, -0.2) is 0 Å². The monoisotopic (exact) mass is 169 g/mol. The molecule has 1 aromatic rings. The Labute approximate surface area is 56.9 Å². The van der Waals surface area contributed by atoms with Crippen molar-refractivity contribution >= 4 is 20.5 Å². The molecule has 0 aliphatic heterocycles. The summed E-state index contributed by atoms with van der Waals surface area (Å²) in [6, 6.07) is 9.95. The van der Waals surface area contributed by atoms with E-state index in [1.165, 1.54) is 0 Å². The van der Waals surface area contributed by atoms with E-state index in [0.29, 0.717) is 0 Å². The number of hydrogen-bond donors (Lipinski definition) is 0. The summed E-state index contributed by atoms with van der Waals surface area (Å²) in [5.74, 6) is 0. The van der Waals surface area contributed by atoms with Gasteiger partial charge >= 0.3 is 56.4 Å². The summed E-state index contributed by atoms with van der Waals surface area (Å²) in [6.45, 7) is 0. The predicted molar refractivity (Wildman–Crippen MR) is 36.3 cm³/mol. The number of hydrogen-bond acceptors (Lipinski definition) is 0. The molecule has 0 heterocycles. The fraction of sp³-hybridized carbons (Fsp3) is 0. The van der Waals surface area contributed by atoms with Crippen LogP contribution in [-0.2, 0) is 0 Å². The van der Waals surface area contributed by atoms with E-state index in [1.807, 2.05) is 30.3 Å². The van der Waals surface area contributed by atoms with Crippen molar-refractivity contribution in [3.8, 4) is 0 Å². The Morgan fingerprint density at radius 1 is 1.12 bits per heavy atom. The molecule has 0 saturated heterocycles. The first-order chi connectivity index (χ1) is 3.93. The Balaban J connectivity index is 2.99. The van der Waals surface area contributed by atoms with Crippen LogP contribution in [0.4, 0.5) is 0 Å². The third-order valence-electron chi connectivity index (χ3n) is 0.892. The van der Waals surface area contributed by atoms with E-state index in [4.69, 9.17) is 0 Å². The first-order valence-electron chi connectivity index (χ1n) is 2.36. The van der Waals surface area contributed by atoms with Crippen LogP contribution in [0.25, 0.3) is 0 Å². The molecular weight excluding hydrogens is 163 g/mol. The molecule has 0 amide bonds. The summed E-state index contributed by atoms with van der Waals surface area (Å²) >= 11 is 2.71. The van der Waals surface area contributed by atoms with E-state index in [-0.39, 0.29) is 0 Å². The molecule has 0 spiro atoms.